The molecule has 0 aliphatic carbocycles. The standard InChI is InChI=1S/C20H21Cl2N5O2/c21-15-2-1-14-18(13-9-23-24-10-13)16-11-26(3-4-27(16)20(14)19(15)22)17(28)12-25-5-7-29-8-6-25/h1-2,9-10H,3-8,11-12H2,(H,23,24). The molecule has 1 N–H and O–H groups in total. The van der Waals surface area contributed by atoms with E-state index >= 15 is 0 Å². The summed E-state index contributed by atoms with van der Waals surface area (Å²) in [4.78, 5) is 17.1. The number of hydrogen-bond acceptors (Lipinski definition) is 4. The van der Waals surface area contributed by atoms with E-state index in [0.717, 1.165) is 40.8 Å². The summed E-state index contributed by atoms with van der Waals surface area (Å²) in [7, 11) is 0. The molecule has 0 spiro atoms. The maximum absolute atomic E-state index is 13.0. The number of morpholine rings is 1. The van der Waals surface area contributed by atoms with Gasteiger partial charge in [-0.1, -0.05) is 29.3 Å². The molecular weight excluding hydrogens is 413 g/mol. The first-order valence-corrected chi connectivity index (χ1v) is 10.4. The molecule has 1 fully saturated rings. The van der Waals surface area contributed by atoms with Crippen LogP contribution in [0.15, 0.2) is 24.5 Å². The van der Waals surface area contributed by atoms with Gasteiger partial charge in [-0.2, -0.15) is 5.10 Å². The van der Waals surface area contributed by atoms with Crippen molar-refractivity contribution in [3.63, 3.8) is 0 Å². The summed E-state index contributed by atoms with van der Waals surface area (Å²) in [6.45, 7) is 5.26. The molecule has 152 valence electrons. The Kier molecular flexibility index (Phi) is 4.99. The number of rotatable bonds is 3. The fourth-order valence-electron chi connectivity index (χ4n) is 4.30. The minimum absolute atomic E-state index is 0.144. The van der Waals surface area contributed by atoms with E-state index in [-0.39, 0.29) is 5.91 Å². The third kappa shape index (κ3) is 3.32. The predicted octanol–water partition coefficient (Wildman–Crippen LogP) is 3.01. The number of fused-ring (bicyclic) bond motifs is 3. The van der Waals surface area contributed by atoms with E-state index in [1.807, 2.05) is 23.2 Å². The Labute approximate surface area is 178 Å². The number of nitrogens with zero attached hydrogens (tertiary/aromatic N) is 4. The molecule has 3 aromatic rings. The summed E-state index contributed by atoms with van der Waals surface area (Å²) >= 11 is 12.9. The summed E-state index contributed by atoms with van der Waals surface area (Å²) in [6.07, 6.45) is 3.67. The second kappa shape index (κ2) is 7.65. The molecule has 1 amide bonds. The van der Waals surface area contributed by atoms with Crippen LogP contribution in [-0.2, 0) is 22.6 Å². The molecule has 0 bridgehead atoms. The largest absolute Gasteiger partial charge is 0.379 e. The lowest BCUT2D eigenvalue weighted by atomic mass is 10.0. The maximum Gasteiger partial charge on any atom is 0.237 e. The third-order valence-corrected chi connectivity index (χ3v) is 6.55. The summed E-state index contributed by atoms with van der Waals surface area (Å²) in [6, 6.07) is 3.82. The first-order valence-electron chi connectivity index (χ1n) is 9.69. The molecule has 5 rings (SSSR count). The lowest BCUT2D eigenvalue weighted by Gasteiger charge is -2.33. The van der Waals surface area contributed by atoms with Crippen molar-refractivity contribution in [2.75, 3.05) is 39.4 Å². The number of halogens is 2. The van der Waals surface area contributed by atoms with Crippen LogP contribution in [0.4, 0.5) is 0 Å². The summed E-state index contributed by atoms with van der Waals surface area (Å²) < 4.78 is 7.58. The molecule has 0 radical (unpaired) electrons. The van der Waals surface area contributed by atoms with Gasteiger partial charge < -0.3 is 14.2 Å². The lowest BCUT2D eigenvalue weighted by molar-refractivity contribution is -0.134. The van der Waals surface area contributed by atoms with Gasteiger partial charge in [-0.25, -0.2) is 0 Å². The fraction of sp³-hybridized carbons (Fsp3) is 0.400. The van der Waals surface area contributed by atoms with Gasteiger partial charge in [-0.15, -0.1) is 0 Å². The summed E-state index contributed by atoms with van der Waals surface area (Å²) in [5.74, 6) is 0.144. The van der Waals surface area contributed by atoms with Crippen molar-refractivity contribution in [3.05, 3.63) is 40.3 Å². The first kappa shape index (κ1) is 18.9. The Morgan fingerprint density at radius 3 is 2.76 bits per heavy atom. The molecule has 4 heterocycles. The van der Waals surface area contributed by atoms with Crippen molar-refractivity contribution in [1.82, 2.24) is 24.6 Å². The molecule has 29 heavy (non-hydrogen) atoms. The van der Waals surface area contributed by atoms with Crippen molar-refractivity contribution >= 4 is 40.0 Å². The van der Waals surface area contributed by atoms with Crippen molar-refractivity contribution in [2.24, 2.45) is 0 Å². The zero-order valence-corrected chi connectivity index (χ0v) is 17.3. The lowest BCUT2D eigenvalue weighted by Crippen LogP contribution is -2.46. The molecule has 2 aliphatic rings. The van der Waals surface area contributed by atoms with E-state index < -0.39 is 0 Å². The maximum atomic E-state index is 13.0. The molecule has 2 aliphatic heterocycles. The van der Waals surface area contributed by atoms with E-state index in [1.165, 1.54) is 0 Å². The van der Waals surface area contributed by atoms with Gasteiger partial charge >= 0.3 is 0 Å². The van der Waals surface area contributed by atoms with Crippen molar-refractivity contribution in [2.45, 2.75) is 13.1 Å². The number of carbonyl (C=O) groups is 1. The zero-order valence-electron chi connectivity index (χ0n) is 15.8. The number of hydrogen-bond donors (Lipinski definition) is 1. The van der Waals surface area contributed by atoms with Gasteiger partial charge in [0.2, 0.25) is 5.91 Å². The van der Waals surface area contributed by atoms with Gasteiger partial charge in [-0.05, 0) is 6.07 Å². The zero-order chi connectivity index (χ0) is 20.0. The van der Waals surface area contributed by atoms with E-state index in [4.69, 9.17) is 27.9 Å². The first-order chi connectivity index (χ1) is 14.1. The van der Waals surface area contributed by atoms with Crippen LogP contribution in [0.1, 0.15) is 5.69 Å². The fourth-order valence-corrected chi connectivity index (χ4v) is 4.72. The second-order valence-electron chi connectivity index (χ2n) is 7.42. The highest BCUT2D eigenvalue weighted by molar-refractivity contribution is 6.45. The van der Waals surface area contributed by atoms with E-state index in [2.05, 4.69) is 19.7 Å². The van der Waals surface area contributed by atoms with E-state index in [9.17, 15) is 4.79 Å². The molecule has 2 aromatic heterocycles. The average Bonchev–Trinajstić information content (AvgIpc) is 3.36. The molecule has 0 atom stereocenters. The van der Waals surface area contributed by atoms with Crippen LogP contribution in [-0.4, -0.2) is 69.9 Å². The van der Waals surface area contributed by atoms with Gasteiger partial charge in [-0.3, -0.25) is 14.8 Å². The topological polar surface area (TPSA) is 66.4 Å². The molecule has 0 saturated carbocycles. The van der Waals surface area contributed by atoms with Crippen molar-refractivity contribution in [3.8, 4) is 11.1 Å². The number of nitrogens with one attached hydrogen (secondary N) is 1. The quantitative estimate of drug-likeness (QED) is 0.689. The minimum Gasteiger partial charge on any atom is -0.379 e. The van der Waals surface area contributed by atoms with Gasteiger partial charge in [0, 0.05) is 54.6 Å². The van der Waals surface area contributed by atoms with Gasteiger partial charge in [0.15, 0.2) is 0 Å². The Hall–Kier alpha value is -2.06. The van der Waals surface area contributed by atoms with Crippen LogP contribution in [0.25, 0.3) is 22.0 Å². The highest BCUT2D eigenvalue weighted by atomic mass is 35.5. The van der Waals surface area contributed by atoms with Crippen LogP contribution >= 0.6 is 23.2 Å². The van der Waals surface area contributed by atoms with Gasteiger partial charge in [0.25, 0.3) is 0 Å². The Morgan fingerprint density at radius 1 is 1.17 bits per heavy atom. The normalized spacial score (nSPS) is 17.7. The van der Waals surface area contributed by atoms with Crippen LogP contribution in [0.3, 0.4) is 0 Å². The van der Waals surface area contributed by atoms with Crippen LogP contribution in [0, 0.1) is 0 Å². The summed E-state index contributed by atoms with van der Waals surface area (Å²) in [5, 5.41) is 9.11. The van der Waals surface area contributed by atoms with Crippen LogP contribution in [0.2, 0.25) is 10.0 Å². The smallest absolute Gasteiger partial charge is 0.237 e. The molecule has 1 aromatic carbocycles. The van der Waals surface area contributed by atoms with E-state index in [1.54, 1.807) is 6.20 Å². The number of ether oxygens (including phenoxy) is 1. The molecule has 1 saturated heterocycles. The minimum atomic E-state index is 0.144. The Balaban J connectivity index is 1.52. The summed E-state index contributed by atoms with van der Waals surface area (Å²) in [5.41, 5.74) is 4.01. The number of H-pyrrole nitrogens is 1. The van der Waals surface area contributed by atoms with Crippen molar-refractivity contribution < 1.29 is 9.53 Å². The highest BCUT2D eigenvalue weighted by Gasteiger charge is 2.29. The van der Waals surface area contributed by atoms with Gasteiger partial charge in [0.1, 0.15) is 0 Å². The highest BCUT2D eigenvalue weighted by Crippen LogP contribution is 2.42. The number of amides is 1. The Bertz CT molecular complexity index is 1060. The number of carbonyl (C=O) groups excluding carboxylic acids is 1. The monoisotopic (exact) mass is 433 g/mol. The van der Waals surface area contributed by atoms with E-state index in [0.29, 0.717) is 49.4 Å². The predicted molar refractivity (Wildman–Crippen MR) is 112 cm³/mol. The van der Waals surface area contributed by atoms with Crippen molar-refractivity contribution in [1.29, 1.82) is 0 Å². The third-order valence-electron chi connectivity index (χ3n) is 5.76. The molecular formula is C20H21Cl2N5O2. The SMILES string of the molecule is O=C(CN1CCOCC1)N1CCn2c(c(-c3cn[nH]c3)c3ccc(Cl)c(Cl)c32)C1. The Morgan fingerprint density at radius 2 is 2.00 bits per heavy atom. The second-order valence-corrected chi connectivity index (χ2v) is 8.21. The van der Waals surface area contributed by atoms with Crippen LogP contribution < -0.4 is 0 Å². The molecule has 0 unspecified atom stereocenters. The van der Waals surface area contributed by atoms with Crippen LogP contribution in [0.5, 0.6) is 0 Å². The number of aromatic nitrogens is 3. The number of benzene rings is 1. The van der Waals surface area contributed by atoms with Gasteiger partial charge in [0.05, 0.1) is 48.1 Å². The average molecular weight is 434 g/mol. The molecule has 7 nitrogen and oxygen atoms in total. The number of aromatic amines is 1. The molecule has 9 heteroatoms.